The Morgan fingerprint density at radius 3 is 2.16 bits per heavy atom. The first kappa shape index (κ1) is 17.3. The third kappa shape index (κ3) is 5.24. The number of benzene rings is 1. The second-order valence-electron chi connectivity index (χ2n) is 6.42. The quantitative estimate of drug-likeness (QED) is 0.525. The van der Waals surface area contributed by atoms with E-state index in [9.17, 15) is 0 Å². The molecule has 0 N–H and O–H groups in total. The third-order valence-electron chi connectivity index (χ3n) is 4.27. The summed E-state index contributed by atoms with van der Waals surface area (Å²) in [6.45, 7) is 3.87. The normalized spacial score (nSPS) is 11.1. The van der Waals surface area contributed by atoms with Gasteiger partial charge in [-0.1, -0.05) is 79.8 Å². The maximum atomic E-state index is 4.23. The number of rotatable bonds is 10. The fraction of sp³-hybridized carbons (Fsp3) is 0.474. The lowest BCUT2D eigenvalue weighted by molar-refractivity contribution is 0.516. The second kappa shape index (κ2) is 9.11. The molecule has 132 valence electrons. The van der Waals surface area contributed by atoms with Crippen molar-refractivity contribution in [2.24, 2.45) is 0 Å². The first-order valence-electron chi connectivity index (χ1n) is 9.19. The van der Waals surface area contributed by atoms with Crippen LogP contribution in [0.15, 0.2) is 42.7 Å². The molecule has 0 unspecified atom stereocenters. The highest BCUT2D eigenvalue weighted by Crippen LogP contribution is 2.13. The Bertz CT molecular complexity index is 746. The van der Waals surface area contributed by atoms with Crippen LogP contribution in [0, 0.1) is 0 Å². The Morgan fingerprint density at radius 2 is 1.40 bits per heavy atom. The fourth-order valence-electron chi connectivity index (χ4n) is 2.84. The number of aromatic nitrogens is 6. The lowest BCUT2D eigenvalue weighted by Gasteiger charge is -2.00. The van der Waals surface area contributed by atoms with E-state index in [2.05, 4.69) is 39.7 Å². The van der Waals surface area contributed by atoms with Gasteiger partial charge in [0.15, 0.2) is 0 Å². The molecule has 3 rings (SSSR count). The molecule has 0 aliphatic rings. The Hall–Kier alpha value is -2.50. The molecular weight excluding hydrogens is 312 g/mol. The lowest BCUT2D eigenvalue weighted by Crippen LogP contribution is -1.99. The predicted octanol–water partition coefficient (Wildman–Crippen LogP) is 3.95. The molecule has 0 saturated carbocycles. The molecule has 0 saturated heterocycles. The van der Waals surface area contributed by atoms with Crippen LogP contribution < -0.4 is 0 Å². The number of hydrogen-bond donors (Lipinski definition) is 0. The van der Waals surface area contributed by atoms with Gasteiger partial charge < -0.3 is 0 Å². The van der Waals surface area contributed by atoms with Crippen LogP contribution in [-0.4, -0.2) is 30.0 Å². The largest absolute Gasteiger partial charge is 0.252 e. The smallest absolute Gasteiger partial charge is 0.134 e. The van der Waals surface area contributed by atoms with Gasteiger partial charge >= 0.3 is 0 Å². The SMILES string of the molecule is CCCCCCCCn1cc(-c2cn(Cc3ccccc3)nn2)nn1. The molecule has 1 aromatic carbocycles. The van der Waals surface area contributed by atoms with Crippen molar-refractivity contribution >= 4 is 0 Å². The molecule has 0 amide bonds. The van der Waals surface area contributed by atoms with E-state index in [0.29, 0.717) is 6.54 Å². The monoisotopic (exact) mass is 338 g/mol. The standard InChI is InChI=1S/C19H26N6/c1-2-3-4-5-6-10-13-24-15-18(20-22-24)19-16-25(23-21-19)14-17-11-8-7-9-12-17/h7-9,11-12,15-16H,2-6,10,13-14H2,1H3. The summed E-state index contributed by atoms with van der Waals surface area (Å²) in [5, 5.41) is 16.9. The molecule has 0 radical (unpaired) electrons. The van der Waals surface area contributed by atoms with Crippen LogP contribution >= 0.6 is 0 Å². The van der Waals surface area contributed by atoms with Gasteiger partial charge in [0, 0.05) is 6.54 Å². The van der Waals surface area contributed by atoms with Gasteiger partial charge in [0.2, 0.25) is 0 Å². The number of unbranched alkanes of at least 4 members (excludes halogenated alkanes) is 5. The van der Waals surface area contributed by atoms with Gasteiger partial charge in [-0.25, -0.2) is 4.68 Å². The van der Waals surface area contributed by atoms with Crippen LogP contribution in [0.3, 0.4) is 0 Å². The minimum absolute atomic E-state index is 0.708. The molecular formula is C19H26N6. The van der Waals surface area contributed by atoms with E-state index in [1.807, 2.05) is 40.0 Å². The van der Waals surface area contributed by atoms with Gasteiger partial charge in [-0.2, -0.15) is 0 Å². The molecule has 6 nitrogen and oxygen atoms in total. The molecule has 25 heavy (non-hydrogen) atoms. The summed E-state index contributed by atoms with van der Waals surface area (Å²) in [7, 11) is 0. The van der Waals surface area contributed by atoms with Crippen LogP contribution in [0.25, 0.3) is 11.4 Å². The first-order chi connectivity index (χ1) is 12.3. The highest BCUT2D eigenvalue weighted by atomic mass is 15.4. The molecule has 0 spiro atoms. The van der Waals surface area contributed by atoms with Crippen molar-refractivity contribution in [2.75, 3.05) is 0 Å². The molecule has 0 bridgehead atoms. The van der Waals surface area contributed by atoms with E-state index in [-0.39, 0.29) is 0 Å². The summed E-state index contributed by atoms with van der Waals surface area (Å²) in [6, 6.07) is 10.2. The second-order valence-corrected chi connectivity index (χ2v) is 6.42. The third-order valence-corrected chi connectivity index (χ3v) is 4.27. The zero-order valence-electron chi connectivity index (χ0n) is 14.9. The number of hydrogen-bond acceptors (Lipinski definition) is 4. The van der Waals surface area contributed by atoms with Gasteiger partial charge in [-0.15, -0.1) is 10.2 Å². The summed E-state index contributed by atoms with van der Waals surface area (Å²) in [5.74, 6) is 0. The van der Waals surface area contributed by atoms with E-state index < -0.39 is 0 Å². The first-order valence-corrected chi connectivity index (χ1v) is 9.19. The summed E-state index contributed by atoms with van der Waals surface area (Å²) in [4.78, 5) is 0. The number of nitrogens with zero attached hydrogens (tertiary/aromatic N) is 6. The van der Waals surface area contributed by atoms with Crippen molar-refractivity contribution in [2.45, 2.75) is 58.5 Å². The minimum Gasteiger partial charge on any atom is -0.252 e. The Morgan fingerprint density at radius 1 is 0.760 bits per heavy atom. The Balaban J connectivity index is 1.50. The highest BCUT2D eigenvalue weighted by Gasteiger charge is 2.09. The predicted molar refractivity (Wildman–Crippen MR) is 98.0 cm³/mol. The summed E-state index contributed by atoms with van der Waals surface area (Å²) >= 11 is 0. The molecule has 0 aliphatic heterocycles. The van der Waals surface area contributed by atoms with Gasteiger partial charge in [0.1, 0.15) is 11.4 Å². The van der Waals surface area contributed by atoms with Gasteiger partial charge in [-0.05, 0) is 12.0 Å². The van der Waals surface area contributed by atoms with Crippen molar-refractivity contribution in [1.29, 1.82) is 0 Å². The van der Waals surface area contributed by atoms with Crippen molar-refractivity contribution in [3.05, 3.63) is 48.3 Å². The molecule has 2 heterocycles. The fourth-order valence-corrected chi connectivity index (χ4v) is 2.84. The van der Waals surface area contributed by atoms with E-state index in [1.54, 1.807) is 0 Å². The van der Waals surface area contributed by atoms with E-state index in [4.69, 9.17) is 0 Å². The van der Waals surface area contributed by atoms with Crippen molar-refractivity contribution in [3.63, 3.8) is 0 Å². The summed E-state index contributed by atoms with van der Waals surface area (Å²) in [5.41, 5.74) is 2.75. The Labute approximate surface area is 148 Å². The highest BCUT2D eigenvalue weighted by molar-refractivity contribution is 5.49. The number of aryl methyl sites for hydroxylation is 1. The van der Waals surface area contributed by atoms with Crippen molar-refractivity contribution < 1.29 is 0 Å². The zero-order chi connectivity index (χ0) is 17.3. The van der Waals surface area contributed by atoms with Crippen molar-refractivity contribution in [1.82, 2.24) is 30.0 Å². The lowest BCUT2D eigenvalue weighted by atomic mass is 10.1. The topological polar surface area (TPSA) is 61.4 Å². The molecule has 0 atom stereocenters. The van der Waals surface area contributed by atoms with E-state index >= 15 is 0 Å². The van der Waals surface area contributed by atoms with Gasteiger partial charge in [0.05, 0.1) is 18.9 Å². The van der Waals surface area contributed by atoms with Gasteiger partial charge in [0.25, 0.3) is 0 Å². The van der Waals surface area contributed by atoms with E-state index in [0.717, 1.165) is 24.4 Å². The van der Waals surface area contributed by atoms with Crippen LogP contribution in [0.1, 0.15) is 51.0 Å². The zero-order valence-corrected chi connectivity index (χ0v) is 14.9. The van der Waals surface area contributed by atoms with E-state index in [1.165, 1.54) is 37.7 Å². The summed E-state index contributed by atoms with van der Waals surface area (Å²) < 4.78 is 3.74. The summed E-state index contributed by atoms with van der Waals surface area (Å²) in [6.07, 6.45) is 11.6. The molecule has 3 aromatic rings. The molecule has 0 aliphatic carbocycles. The maximum absolute atomic E-state index is 4.23. The van der Waals surface area contributed by atoms with Crippen molar-refractivity contribution in [3.8, 4) is 11.4 Å². The molecule has 2 aromatic heterocycles. The minimum atomic E-state index is 0.708. The van der Waals surface area contributed by atoms with Gasteiger partial charge in [-0.3, -0.25) is 4.68 Å². The average molecular weight is 338 g/mol. The van der Waals surface area contributed by atoms with Crippen LogP contribution in [-0.2, 0) is 13.1 Å². The maximum Gasteiger partial charge on any atom is 0.134 e. The average Bonchev–Trinajstić information content (AvgIpc) is 3.28. The van der Waals surface area contributed by atoms with Crippen LogP contribution in [0.2, 0.25) is 0 Å². The molecule has 0 fully saturated rings. The van der Waals surface area contributed by atoms with Crippen LogP contribution in [0.5, 0.6) is 0 Å². The molecule has 6 heteroatoms. The van der Waals surface area contributed by atoms with Crippen LogP contribution in [0.4, 0.5) is 0 Å². The Kier molecular flexibility index (Phi) is 6.31.